The number of alkyl halides is 1. The fourth-order valence-corrected chi connectivity index (χ4v) is 3.47. The first-order valence-corrected chi connectivity index (χ1v) is 8.27. The number of piperidine rings is 1. The van der Waals surface area contributed by atoms with E-state index in [9.17, 15) is 4.79 Å². The zero-order valence-electron chi connectivity index (χ0n) is 10.2. The molecule has 1 fully saturated rings. The SMILES string of the molecule is O=C(c1ccccc1Br)N1CCCCC1CCBr. The quantitative estimate of drug-likeness (QED) is 0.725. The van der Waals surface area contributed by atoms with E-state index in [2.05, 4.69) is 31.9 Å². The fourth-order valence-electron chi connectivity index (χ4n) is 2.48. The molecule has 0 aromatic heterocycles. The van der Waals surface area contributed by atoms with Crippen molar-refractivity contribution >= 4 is 37.8 Å². The molecule has 0 saturated carbocycles. The van der Waals surface area contributed by atoms with Gasteiger partial charge in [0.05, 0.1) is 5.56 Å². The van der Waals surface area contributed by atoms with Crippen molar-refractivity contribution in [1.82, 2.24) is 4.90 Å². The number of likely N-dealkylation sites (tertiary alicyclic amines) is 1. The lowest BCUT2D eigenvalue weighted by atomic mass is 9.99. The van der Waals surface area contributed by atoms with Gasteiger partial charge in [0.15, 0.2) is 0 Å². The zero-order chi connectivity index (χ0) is 13.0. The van der Waals surface area contributed by atoms with Crippen LogP contribution in [0.5, 0.6) is 0 Å². The first kappa shape index (κ1) is 14.1. The van der Waals surface area contributed by atoms with Crippen LogP contribution in [0.15, 0.2) is 28.7 Å². The maximum atomic E-state index is 12.6. The molecule has 0 spiro atoms. The first-order valence-electron chi connectivity index (χ1n) is 6.35. The van der Waals surface area contributed by atoms with Gasteiger partial charge >= 0.3 is 0 Å². The highest BCUT2D eigenvalue weighted by atomic mass is 79.9. The van der Waals surface area contributed by atoms with Crippen LogP contribution in [0.4, 0.5) is 0 Å². The third-order valence-electron chi connectivity index (χ3n) is 3.43. The molecule has 0 N–H and O–H groups in total. The molecule has 0 aliphatic carbocycles. The molecular weight excluding hydrogens is 358 g/mol. The summed E-state index contributed by atoms with van der Waals surface area (Å²) in [5, 5.41) is 0.956. The van der Waals surface area contributed by atoms with E-state index in [4.69, 9.17) is 0 Å². The standard InChI is InChI=1S/C14H17Br2NO/c15-9-8-11-5-3-4-10-17(11)14(18)12-6-1-2-7-13(12)16/h1-2,6-7,11H,3-5,8-10H2. The number of rotatable bonds is 3. The van der Waals surface area contributed by atoms with Gasteiger partial charge in [-0.25, -0.2) is 0 Å². The highest BCUT2D eigenvalue weighted by Gasteiger charge is 2.27. The van der Waals surface area contributed by atoms with Crippen LogP contribution in [-0.2, 0) is 0 Å². The van der Waals surface area contributed by atoms with E-state index in [1.54, 1.807) is 0 Å². The molecule has 0 radical (unpaired) electrons. The minimum Gasteiger partial charge on any atom is -0.336 e. The monoisotopic (exact) mass is 373 g/mol. The van der Waals surface area contributed by atoms with Crippen LogP contribution in [0.3, 0.4) is 0 Å². The Balaban J connectivity index is 2.18. The van der Waals surface area contributed by atoms with Gasteiger partial charge in [0.1, 0.15) is 0 Å². The highest BCUT2D eigenvalue weighted by Crippen LogP contribution is 2.25. The summed E-state index contributed by atoms with van der Waals surface area (Å²) in [4.78, 5) is 14.6. The van der Waals surface area contributed by atoms with Crippen LogP contribution < -0.4 is 0 Å². The molecule has 98 valence electrons. The Morgan fingerprint density at radius 1 is 1.33 bits per heavy atom. The summed E-state index contributed by atoms with van der Waals surface area (Å²) in [6, 6.07) is 8.06. The summed E-state index contributed by atoms with van der Waals surface area (Å²) in [5.41, 5.74) is 0.777. The number of benzene rings is 1. The molecule has 18 heavy (non-hydrogen) atoms. The minimum atomic E-state index is 0.160. The molecule has 1 aromatic carbocycles. The number of hydrogen-bond acceptors (Lipinski definition) is 1. The van der Waals surface area contributed by atoms with Crippen LogP contribution in [0, 0.1) is 0 Å². The average molecular weight is 375 g/mol. The van der Waals surface area contributed by atoms with Gasteiger partial charge in [-0.05, 0) is 53.7 Å². The van der Waals surface area contributed by atoms with Crippen molar-refractivity contribution in [2.24, 2.45) is 0 Å². The highest BCUT2D eigenvalue weighted by molar-refractivity contribution is 9.10. The Morgan fingerprint density at radius 3 is 2.83 bits per heavy atom. The first-order chi connectivity index (χ1) is 8.74. The molecule has 1 aliphatic heterocycles. The van der Waals surface area contributed by atoms with Gasteiger partial charge in [0, 0.05) is 22.4 Å². The molecule has 0 bridgehead atoms. The lowest BCUT2D eigenvalue weighted by Gasteiger charge is -2.35. The van der Waals surface area contributed by atoms with Crippen molar-refractivity contribution in [3.05, 3.63) is 34.3 Å². The maximum Gasteiger partial charge on any atom is 0.255 e. The van der Waals surface area contributed by atoms with Crippen LogP contribution in [0.1, 0.15) is 36.0 Å². The summed E-state index contributed by atoms with van der Waals surface area (Å²) < 4.78 is 0.887. The molecule has 2 nitrogen and oxygen atoms in total. The van der Waals surface area contributed by atoms with Crippen LogP contribution >= 0.6 is 31.9 Å². The number of carbonyl (C=O) groups excluding carboxylic acids is 1. The molecular formula is C14H17Br2NO. The molecule has 1 heterocycles. The van der Waals surface area contributed by atoms with Gasteiger partial charge < -0.3 is 4.90 Å². The zero-order valence-corrected chi connectivity index (χ0v) is 13.4. The van der Waals surface area contributed by atoms with E-state index >= 15 is 0 Å². The number of amides is 1. The summed E-state index contributed by atoms with van der Waals surface area (Å²) in [6.45, 7) is 0.887. The Bertz CT molecular complexity index is 420. The smallest absolute Gasteiger partial charge is 0.255 e. The van der Waals surface area contributed by atoms with Crippen LogP contribution in [-0.4, -0.2) is 28.7 Å². The Labute approximate surface area is 125 Å². The largest absolute Gasteiger partial charge is 0.336 e. The van der Waals surface area contributed by atoms with Gasteiger partial charge in [-0.3, -0.25) is 4.79 Å². The van der Waals surface area contributed by atoms with E-state index in [1.165, 1.54) is 6.42 Å². The topological polar surface area (TPSA) is 20.3 Å². The molecule has 1 saturated heterocycles. The van der Waals surface area contributed by atoms with Crippen LogP contribution in [0.25, 0.3) is 0 Å². The molecule has 1 unspecified atom stereocenters. The molecule has 1 aliphatic rings. The fraction of sp³-hybridized carbons (Fsp3) is 0.500. The molecule has 1 amide bonds. The lowest BCUT2D eigenvalue weighted by Crippen LogP contribution is -2.44. The minimum absolute atomic E-state index is 0.160. The van der Waals surface area contributed by atoms with Crippen LogP contribution in [0.2, 0.25) is 0 Å². The predicted molar refractivity (Wildman–Crippen MR) is 81.2 cm³/mol. The average Bonchev–Trinajstić information content (AvgIpc) is 2.40. The van der Waals surface area contributed by atoms with E-state index < -0.39 is 0 Å². The third-order valence-corrected chi connectivity index (χ3v) is 4.58. The second kappa shape index (κ2) is 6.71. The van der Waals surface area contributed by atoms with Crippen molar-refractivity contribution in [2.45, 2.75) is 31.7 Å². The molecule has 4 heteroatoms. The summed E-state index contributed by atoms with van der Waals surface area (Å²) in [5.74, 6) is 0.160. The van der Waals surface area contributed by atoms with E-state index in [1.807, 2.05) is 29.2 Å². The van der Waals surface area contributed by atoms with Gasteiger partial charge in [-0.15, -0.1) is 0 Å². The van der Waals surface area contributed by atoms with E-state index in [0.717, 1.165) is 41.2 Å². The Kier molecular flexibility index (Phi) is 5.25. The number of nitrogens with zero attached hydrogens (tertiary/aromatic N) is 1. The summed E-state index contributed by atoms with van der Waals surface area (Å²) in [6.07, 6.45) is 4.52. The molecule has 2 rings (SSSR count). The summed E-state index contributed by atoms with van der Waals surface area (Å²) in [7, 11) is 0. The van der Waals surface area contributed by atoms with Crippen molar-refractivity contribution in [3.63, 3.8) is 0 Å². The van der Waals surface area contributed by atoms with Crippen molar-refractivity contribution in [1.29, 1.82) is 0 Å². The van der Waals surface area contributed by atoms with Gasteiger partial charge in [-0.2, -0.15) is 0 Å². The van der Waals surface area contributed by atoms with Gasteiger partial charge in [0.25, 0.3) is 5.91 Å². The van der Waals surface area contributed by atoms with Gasteiger partial charge in [0.2, 0.25) is 0 Å². The number of hydrogen-bond donors (Lipinski definition) is 0. The third kappa shape index (κ3) is 3.15. The second-order valence-corrected chi connectivity index (χ2v) is 6.25. The normalized spacial score (nSPS) is 19.9. The Hall–Kier alpha value is -0.350. The maximum absolute atomic E-state index is 12.6. The second-order valence-electron chi connectivity index (χ2n) is 4.61. The molecule has 1 atom stereocenters. The lowest BCUT2D eigenvalue weighted by molar-refractivity contribution is 0.0609. The van der Waals surface area contributed by atoms with E-state index in [0.29, 0.717) is 6.04 Å². The number of halogens is 2. The molecule has 1 aromatic rings. The van der Waals surface area contributed by atoms with E-state index in [-0.39, 0.29) is 5.91 Å². The van der Waals surface area contributed by atoms with Crippen molar-refractivity contribution in [2.75, 3.05) is 11.9 Å². The van der Waals surface area contributed by atoms with Crippen molar-refractivity contribution < 1.29 is 4.79 Å². The van der Waals surface area contributed by atoms with Crippen molar-refractivity contribution in [3.8, 4) is 0 Å². The summed E-state index contributed by atoms with van der Waals surface area (Å²) >= 11 is 6.95. The predicted octanol–water partition coefficient (Wildman–Crippen LogP) is 4.23. The van der Waals surface area contributed by atoms with Gasteiger partial charge in [-0.1, -0.05) is 28.1 Å². The number of carbonyl (C=O) groups is 1. The Morgan fingerprint density at radius 2 is 2.11 bits per heavy atom.